The molecule has 0 unspecified atom stereocenters. The molecular formula is C19H20N6O. The third-order valence-corrected chi connectivity index (χ3v) is 5.01. The largest absolute Gasteiger partial charge is 0.369 e. The molecule has 0 saturated heterocycles. The van der Waals surface area contributed by atoms with Crippen molar-refractivity contribution in [2.45, 2.75) is 45.3 Å². The van der Waals surface area contributed by atoms with E-state index in [9.17, 15) is 0 Å². The first-order valence-electron chi connectivity index (χ1n) is 9.02. The predicted molar refractivity (Wildman–Crippen MR) is 96.4 cm³/mol. The van der Waals surface area contributed by atoms with E-state index in [2.05, 4.69) is 37.3 Å². The molecular weight excluding hydrogens is 328 g/mol. The molecule has 0 bridgehead atoms. The van der Waals surface area contributed by atoms with Gasteiger partial charge in [-0.05, 0) is 44.8 Å². The summed E-state index contributed by atoms with van der Waals surface area (Å²) in [6, 6.07) is 0.574. The van der Waals surface area contributed by atoms with Crippen molar-refractivity contribution >= 4 is 16.7 Å². The van der Waals surface area contributed by atoms with E-state index in [1.165, 1.54) is 12.8 Å². The van der Waals surface area contributed by atoms with Gasteiger partial charge in [-0.25, -0.2) is 19.9 Å². The molecule has 1 saturated carbocycles. The summed E-state index contributed by atoms with van der Waals surface area (Å²) in [6.45, 7) is 4.54. The smallest absolute Gasteiger partial charge is 0.182 e. The molecule has 0 aromatic carbocycles. The Morgan fingerprint density at radius 2 is 1.92 bits per heavy atom. The van der Waals surface area contributed by atoms with Gasteiger partial charge in [-0.1, -0.05) is 0 Å². The highest BCUT2D eigenvalue weighted by molar-refractivity contribution is 5.72. The summed E-state index contributed by atoms with van der Waals surface area (Å²) >= 11 is 0. The normalized spacial score (nSPS) is 20.4. The van der Waals surface area contributed by atoms with Crippen LogP contribution in [0.3, 0.4) is 0 Å². The molecule has 5 rings (SSSR count). The van der Waals surface area contributed by atoms with Crippen LogP contribution in [0.4, 0.5) is 0 Å². The molecule has 0 radical (unpaired) electrons. The van der Waals surface area contributed by atoms with Crippen LogP contribution in [-0.4, -0.2) is 36.3 Å². The van der Waals surface area contributed by atoms with Gasteiger partial charge >= 0.3 is 0 Å². The van der Waals surface area contributed by atoms with Gasteiger partial charge < -0.3 is 4.74 Å². The van der Waals surface area contributed by atoms with Gasteiger partial charge in [-0.3, -0.25) is 4.68 Å². The summed E-state index contributed by atoms with van der Waals surface area (Å²) in [5, 5.41) is 4.47. The van der Waals surface area contributed by atoms with E-state index in [0.717, 1.165) is 34.5 Å². The van der Waals surface area contributed by atoms with E-state index in [0.29, 0.717) is 24.1 Å². The van der Waals surface area contributed by atoms with E-state index in [1.54, 1.807) is 6.20 Å². The lowest BCUT2D eigenvalue weighted by atomic mass is 10.0. The third kappa shape index (κ3) is 2.78. The minimum atomic E-state index is -0.101. The molecule has 4 heterocycles. The maximum absolute atomic E-state index is 5.94. The van der Waals surface area contributed by atoms with Crippen LogP contribution in [0.2, 0.25) is 0 Å². The molecule has 3 aromatic heterocycles. The highest BCUT2D eigenvalue weighted by atomic mass is 16.5. The minimum Gasteiger partial charge on any atom is -0.369 e. The number of hydrogen-bond acceptors (Lipinski definition) is 6. The van der Waals surface area contributed by atoms with Gasteiger partial charge in [0.1, 0.15) is 11.6 Å². The Kier molecular flexibility index (Phi) is 3.56. The zero-order valence-electron chi connectivity index (χ0n) is 14.9. The molecule has 0 spiro atoms. The summed E-state index contributed by atoms with van der Waals surface area (Å²) in [5.41, 5.74) is 5.35. The Hall–Kier alpha value is -2.67. The number of aromatic nitrogens is 6. The van der Waals surface area contributed by atoms with Crippen molar-refractivity contribution in [1.29, 1.82) is 0 Å². The molecule has 7 nitrogen and oxygen atoms in total. The zero-order valence-corrected chi connectivity index (χ0v) is 14.9. The van der Waals surface area contributed by atoms with Crippen molar-refractivity contribution in [3.63, 3.8) is 0 Å². The Morgan fingerprint density at radius 3 is 2.77 bits per heavy atom. The summed E-state index contributed by atoms with van der Waals surface area (Å²) in [5.74, 6) is 0.706. The first-order chi connectivity index (χ1) is 12.7. The fraction of sp³-hybridized carbons (Fsp3) is 0.421. The Labute approximate surface area is 151 Å². The van der Waals surface area contributed by atoms with E-state index >= 15 is 0 Å². The highest BCUT2D eigenvalue weighted by Gasteiger charge is 2.26. The molecule has 132 valence electrons. The lowest BCUT2D eigenvalue weighted by molar-refractivity contribution is 0.0825. The molecule has 1 aliphatic heterocycles. The second-order valence-electron chi connectivity index (χ2n) is 7.02. The van der Waals surface area contributed by atoms with Crippen LogP contribution < -0.4 is 0 Å². The summed E-state index contributed by atoms with van der Waals surface area (Å²) in [4.78, 5) is 18.2. The van der Waals surface area contributed by atoms with Crippen molar-refractivity contribution < 1.29 is 4.74 Å². The van der Waals surface area contributed by atoms with Gasteiger partial charge in [-0.2, -0.15) is 5.10 Å². The van der Waals surface area contributed by atoms with Crippen LogP contribution in [0, 0.1) is 13.8 Å². The number of hydrogen-bond donors (Lipinski definition) is 0. The monoisotopic (exact) mass is 348 g/mol. The van der Waals surface area contributed by atoms with Crippen molar-refractivity contribution in [2.24, 2.45) is 0 Å². The van der Waals surface area contributed by atoms with Crippen molar-refractivity contribution in [3.05, 3.63) is 47.4 Å². The fourth-order valence-electron chi connectivity index (χ4n) is 3.21. The predicted octanol–water partition coefficient (Wildman–Crippen LogP) is 3.11. The van der Waals surface area contributed by atoms with Gasteiger partial charge in [0.15, 0.2) is 11.5 Å². The van der Waals surface area contributed by atoms with Crippen LogP contribution in [0.15, 0.2) is 24.7 Å². The van der Waals surface area contributed by atoms with Crippen LogP contribution in [-0.2, 0) is 4.74 Å². The standard InChI is InChI=1S/C19H20N6O/c1-11-12(2)23-19-16(22-11)9-20-18(24-19)13-5-6-26-17(7-13)14-8-21-25(10-14)15-3-4-15/h7-10,15,17H,3-6H2,1-2H3/t17-/m1/s1. The van der Waals surface area contributed by atoms with Crippen LogP contribution in [0.25, 0.3) is 16.7 Å². The second-order valence-corrected chi connectivity index (χ2v) is 7.02. The third-order valence-electron chi connectivity index (χ3n) is 5.01. The number of aryl methyl sites for hydroxylation is 2. The topological polar surface area (TPSA) is 78.6 Å². The fourth-order valence-corrected chi connectivity index (χ4v) is 3.21. The maximum Gasteiger partial charge on any atom is 0.182 e. The SMILES string of the molecule is Cc1nc2cnc(C3=C[C@H](c4cnn(C5CC5)c4)OCC3)nc2nc1C. The summed E-state index contributed by atoms with van der Waals surface area (Å²) in [6.07, 6.45) is 11.0. The van der Waals surface area contributed by atoms with E-state index in [-0.39, 0.29) is 6.10 Å². The van der Waals surface area contributed by atoms with Gasteiger partial charge in [0, 0.05) is 11.8 Å². The van der Waals surface area contributed by atoms with Gasteiger partial charge in [-0.15, -0.1) is 0 Å². The number of rotatable bonds is 3. The van der Waals surface area contributed by atoms with Crippen molar-refractivity contribution in [2.75, 3.05) is 6.61 Å². The molecule has 0 amide bonds. The number of fused-ring (bicyclic) bond motifs is 1. The zero-order chi connectivity index (χ0) is 17.7. The van der Waals surface area contributed by atoms with Crippen LogP contribution in [0.5, 0.6) is 0 Å². The molecule has 0 N–H and O–H groups in total. The summed E-state index contributed by atoms with van der Waals surface area (Å²) in [7, 11) is 0. The highest BCUT2D eigenvalue weighted by Crippen LogP contribution is 2.36. The van der Waals surface area contributed by atoms with Crippen molar-refractivity contribution in [3.8, 4) is 0 Å². The Morgan fingerprint density at radius 1 is 1.08 bits per heavy atom. The van der Waals surface area contributed by atoms with Gasteiger partial charge in [0.05, 0.1) is 36.4 Å². The first-order valence-corrected chi connectivity index (χ1v) is 9.02. The molecule has 26 heavy (non-hydrogen) atoms. The minimum absolute atomic E-state index is 0.101. The average Bonchev–Trinajstić information content (AvgIpc) is 3.39. The summed E-state index contributed by atoms with van der Waals surface area (Å²) < 4.78 is 7.99. The van der Waals surface area contributed by atoms with Crippen LogP contribution in [0.1, 0.15) is 54.2 Å². The number of nitrogens with zero attached hydrogens (tertiary/aromatic N) is 6. The van der Waals surface area contributed by atoms with E-state index in [1.807, 2.05) is 24.7 Å². The molecule has 3 aromatic rings. The molecule has 1 atom stereocenters. The van der Waals surface area contributed by atoms with E-state index < -0.39 is 0 Å². The van der Waals surface area contributed by atoms with Gasteiger partial charge in [0.2, 0.25) is 0 Å². The molecule has 2 aliphatic rings. The Balaban J connectivity index is 1.48. The molecule has 1 fully saturated rings. The number of ether oxygens (including phenoxy) is 1. The van der Waals surface area contributed by atoms with E-state index in [4.69, 9.17) is 4.74 Å². The maximum atomic E-state index is 5.94. The lowest BCUT2D eigenvalue weighted by Crippen LogP contribution is -2.11. The van der Waals surface area contributed by atoms with Crippen LogP contribution >= 0.6 is 0 Å². The lowest BCUT2D eigenvalue weighted by Gasteiger charge is -2.20. The average molecular weight is 348 g/mol. The quantitative estimate of drug-likeness (QED) is 0.724. The Bertz CT molecular complexity index is 1020. The van der Waals surface area contributed by atoms with Crippen molar-refractivity contribution in [1.82, 2.24) is 29.7 Å². The molecule has 7 heteroatoms. The second kappa shape index (κ2) is 5.95. The van der Waals surface area contributed by atoms with Gasteiger partial charge in [0.25, 0.3) is 0 Å². The first kappa shape index (κ1) is 15.6. The molecule has 1 aliphatic carbocycles.